The average molecular weight is 329 g/mol. The van der Waals surface area contributed by atoms with Gasteiger partial charge in [-0.15, -0.1) is 0 Å². The minimum absolute atomic E-state index is 0.186. The number of aliphatic hydroxyl groups is 1. The van der Waals surface area contributed by atoms with E-state index in [1.54, 1.807) is 6.92 Å². The van der Waals surface area contributed by atoms with E-state index in [4.69, 9.17) is 4.74 Å². The molecule has 2 N–H and O–H groups in total. The zero-order chi connectivity index (χ0) is 17.0. The maximum absolute atomic E-state index is 12.6. The fourth-order valence-electron chi connectivity index (χ4n) is 1.87. The lowest BCUT2D eigenvalue weighted by Crippen LogP contribution is -2.15. The molecule has 0 atom stereocenters. The van der Waals surface area contributed by atoms with Gasteiger partial charge in [-0.2, -0.15) is 18.3 Å². The minimum Gasteiger partial charge on any atom is -0.450 e. The van der Waals surface area contributed by atoms with E-state index in [9.17, 15) is 23.1 Å². The second kappa shape index (κ2) is 6.69. The van der Waals surface area contributed by atoms with Crippen LogP contribution in [-0.2, 0) is 17.5 Å². The number of aliphatic hydroxyl groups excluding tert-OH is 1. The quantitative estimate of drug-likeness (QED) is 0.904. The molecule has 0 radical (unpaired) electrons. The zero-order valence-electron chi connectivity index (χ0n) is 12.1. The van der Waals surface area contributed by atoms with Gasteiger partial charge in [-0.1, -0.05) is 0 Å². The summed E-state index contributed by atoms with van der Waals surface area (Å²) >= 11 is 0. The van der Waals surface area contributed by atoms with E-state index >= 15 is 0 Å². The van der Waals surface area contributed by atoms with Crippen LogP contribution >= 0.6 is 0 Å². The summed E-state index contributed by atoms with van der Waals surface area (Å²) in [5.74, 6) is 0. The predicted octanol–water partition coefficient (Wildman–Crippen LogP) is 2.95. The van der Waals surface area contributed by atoms with Gasteiger partial charge in [0.05, 0.1) is 18.9 Å². The van der Waals surface area contributed by atoms with Crippen LogP contribution in [0.3, 0.4) is 0 Å². The second-order valence-electron chi connectivity index (χ2n) is 4.49. The summed E-state index contributed by atoms with van der Waals surface area (Å²) in [6, 6.07) is 5.19. The van der Waals surface area contributed by atoms with E-state index in [-0.39, 0.29) is 6.61 Å². The molecule has 1 amide bonds. The van der Waals surface area contributed by atoms with Crippen molar-refractivity contribution in [3.8, 4) is 5.69 Å². The summed E-state index contributed by atoms with van der Waals surface area (Å²) in [5, 5.41) is 15.3. The minimum atomic E-state index is -4.53. The number of nitrogens with one attached hydrogen (secondary N) is 1. The topological polar surface area (TPSA) is 76.4 Å². The van der Waals surface area contributed by atoms with Crippen LogP contribution in [0.4, 0.5) is 23.7 Å². The van der Waals surface area contributed by atoms with Crippen LogP contribution in [0.5, 0.6) is 0 Å². The molecule has 0 fully saturated rings. The number of hydrogen-bond acceptors (Lipinski definition) is 4. The van der Waals surface area contributed by atoms with Gasteiger partial charge in [0.1, 0.15) is 0 Å². The summed E-state index contributed by atoms with van der Waals surface area (Å²) in [7, 11) is 0. The van der Waals surface area contributed by atoms with Crippen LogP contribution in [0.15, 0.2) is 30.5 Å². The highest BCUT2D eigenvalue weighted by Crippen LogP contribution is 2.28. The van der Waals surface area contributed by atoms with Gasteiger partial charge in [-0.05, 0) is 31.2 Å². The molecular formula is C14H14F3N3O3. The van der Waals surface area contributed by atoms with Gasteiger partial charge in [0.15, 0.2) is 5.69 Å². The summed E-state index contributed by atoms with van der Waals surface area (Å²) in [5.41, 5.74) is -0.0757. The molecule has 0 saturated carbocycles. The molecule has 2 aromatic rings. The smallest absolute Gasteiger partial charge is 0.435 e. The third-order valence-electron chi connectivity index (χ3n) is 2.92. The SMILES string of the molecule is CCOC(=O)Nc1ccc(-n2ccc(C(F)(F)F)n2)cc1CO. The monoisotopic (exact) mass is 329 g/mol. The van der Waals surface area contributed by atoms with Crippen molar-refractivity contribution >= 4 is 11.8 Å². The van der Waals surface area contributed by atoms with E-state index in [0.717, 1.165) is 16.9 Å². The van der Waals surface area contributed by atoms with Gasteiger partial charge in [0, 0.05) is 17.4 Å². The number of ether oxygens (including phenoxy) is 1. The molecule has 1 heterocycles. The molecule has 0 aliphatic rings. The summed E-state index contributed by atoms with van der Waals surface area (Å²) < 4.78 is 43.5. The third-order valence-corrected chi connectivity index (χ3v) is 2.92. The lowest BCUT2D eigenvalue weighted by molar-refractivity contribution is -0.141. The maximum Gasteiger partial charge on any atom is 0.435 e. The number of amides is 1. The van der Waals surface area contributed by atoms with Crippen LogP contribution < -0.4 is 5.32 Å². The largest absolute Gasteiger partial charge is 0.450 e. The lowest BCUT2D eigenvalue weighted by Gasteiger charge is -2.11. The number of benzene rings is 1. The summed E-state index contributed by atoms with van der Waals surface area (Å²) in [6.07, 6.45) is -4.05. The lowest BCUT2D eigenvalue weighted by atomic mass is 10.1. The molecule has 0 bridgehead atoms. The third kappa shape index (κ3) is 4.01. The Labute approximate surface area is 129 Å². The standard InChI is InChI=1S/C14H14F3N3O3/c1-2-23-13(22)18-11-4-3-10(7-9(11)8-21)20-6-5-12(19-20)14(15,16)17/h3-7,21H,2,8H2,1H3,(H,18,22). The zero-order valence-corrected chi connectivity index (χ0v) is 12.1. The number of aromatic nitrogens is 2. The molecule has 1 aromatic carbocycles. The highest BCUT2D eigenvalue weighted by atomic mass is 19.4. The van der Waals surface area contributed by atoms with Gasteiger partial charge in [-0.3, -0.25) is 5.32 Å². The van der Waals surface area contributed by atoms with Crippen molar-refractivity contribution in [3.05, 3.63) is 41.7 Å². The molecular weight excluding hydrogens is 315 g/mol. The van der Waals surface area contributed by atoms with E-state index in [1.807, 2.05) is 0 Å². The number of carbonyl (C=O) groups is 1. The van der Waals surface area contributed by atoms with Gasteiger partial charge in [0.25, 0.3) is 0 Å². The highest BCUT2D eigenvalue weighted by Gasteiger charge is 2.33. The molecule has 9 heteroatoms. The van der Waals surface area contributed by atoms with Gasteiger partial charge >= 0.3 is 12.3 Å². The summed E-state index contributed by atoms with van der Waals surface area (Å²) in [6.45, 7) is 1.42. The van der Waals surface area contributed by atoms with E-state index < -0.39 is 24.6 Å². The van der Waals surface area contributed by atoms with Crippen molar-refractivity contribution < 1.29 is 27.8 Å². The number of anilines is 1. The van der Waals surface area contributed by atoms with Crippen molar-refractivity contribution in [2.45, 2.75) is 19.7 Å². The Morgan fingerprint density at radius 3 is 2.70 bits per heavy atom. The van der Waals surface area contributed by atoms with Crippen molar-refractivity contribution in [1.29, 1.82) is 0 Å². The Morgan fingerprint density at radius 1 is 1.39 bits per heavy atom. The Kier molecular flexibility index (Phi) is 4.89. The molecule has 124 valence electrons. The van der Waals surface area contributed by atoms with Gasteiger partial charge < -0.3 is 9.84 Å². The first-order chi connectivity index (χ1) is 10.8. The number of nitrogens with zero attached hydrogens (tertiary/aromatic N) is 2. The normalized spacial score (nSPS) is 11.3. The Hall–Kier alpha value is -2.55. The Morgan fingerprint density at radius 2 is 2.13 bits per heavy atom. The molecule has 6 nitrogen and oxygen atoms in total. The van der Waals surface area contributed by atoms with Crippen LogP contribution in [0.2, 0.25) is 0 Å². The number of rotatable bonds is 4. The first kappa shape index (κ1) is 16.8. The number of hydrogen-bond donors (Lipinski definition) is 2. The van der Waals surface area contributed by atoms with Crippen molar-refractivity contribution in [3.63, 3.8) is 0 Å². The fourth-order valence-corrected chi connectivity index (χ4v) is 1.87. The molecule has 0 aliphatic carbocycles. The van der Waals surface area contributed by atoms with Crippen LogP contribution in [0, 0.1) is 0 Å². The van der Waals surface area contributed by atoms with Gasteiger partial charge in [-0.25, -0.2) is 9.48 Å². The van der Waals surface area contributed by atoms with Crippen molar-refractivity contribution in [2.75, 3.05) is 11.9 Å². The highest BCUT2D eigenvalue weighted by molar-refractivity contribution is 5.85. The van der Waals surface area contributed by atoms with E-state index in [0.29, 0.717) is 16.9 Å². The first-order valence-corrected chi connectivity index (χ1v) is 6.66. The molecule has 0 aliphatic heterocycles. The average Bonchev–Trinajstić information content (AvgIpc) is 2.98. The number of carbonyl (C=O) groups excluding carboxylic acids is 1. The summed E-state index contributed by atoms with van der Waals surface area (Å²) in [4.78, 5) is 11.4. The molecule has 0 unspecified atom stereocenters. The molecule has 2 rings (SSSR count). The maximum atomic E-state index is 12.6. The van der Waals surface area contributed by atoms with Gasteiger partial charge in [0.2, 0.25) is 0 Å². The van der Waals surface area contributed by atoms with Crippen LogP contribution in [0.1, 0.15) is 18.2 Å². The van der Waals surface area contributed by atoms with Crippen molar-refractivity contribution in [2.24, 2.45) is 0 Å². The fraction of sp³-hybridized carbons (Fsp3) is 0.286. The molecule has 23 heavy (non-hydrogen) atoms. The van der Waals surface area contributed by atoms with Crippen LogP contribution in [0.25, 0.3) is 5.69 Å². The first-order valence-electron chi connectivity index (χ1n) is 6.66. The predicted molar refractivity (Wildman–Crippen MR) is 75.1 cm³/mol. The number of alkyl halides is 3. The molecule has 0 spiro atoms. The van der Waals surface area contributed by atoms with E-state index in [1.165, 1.54) is 18.2 Å². The van der Waals surface area contributed by atoms with E-state index in [2.05, 4.69) is 10.4 Å². The molecule has 1 aromatic heterocycles. The Balaban J connectivity index is 2.28. The second-order valence-corrected chi connectivity index (χ2v) is 4.49. The number of halogens is 3. The van der Waals surface area contributed by atoms with Crippen molar-refractivity contribution in [1.82, 2.24) is 9.78 Å². The van der Waals surface area contributed by atoms with Crippen LogP contribution in [-0.4, -0.2) is 27.6 Å². The Bertz CT molecular complexity index is 698. The molecule has 0 saturated heterocycles.